The van der Waals surface area contributed by atoms with Gasteiger partial charge in [-0.2, -0.15) is 5.26 Å². The molecule has 1 aliphatic heterocycles. The van der Waals surface area contributed by atoms with E-state index in [2.05, 4.69) is 33.9 Å². The minimum atomic E-state index is 0.0521. The van der Waals surface area contributed by atoms with Crippen LogP contribution in [0.3, 0.4) is 0 Å². The standard InChI is InChI=1S/C10H18N2/c1-9(2)6-5-7-10(3,4)12(9)8-11/h5-7H2,1-4H3. The van der Waals surface area contributed by atoms with Crippen LogP contribution in [-0.2, 0) is 0 Å². The van der Waals surface area contributed by atoms with Gasteiger partial charge in [0.05, 0.1) is 0 Å². The molecule has 1 saturated heterocycles. The van der Waals surface area contributed by atoms with Crippen molar-refractivity contribution < 1.29 is 0 Å². The van der Waals surface area contributed by atoms with Gasteiger partial charge in [-0.05, 0) is 47.0 Å². The molecule has 0 spiro atoms. The molecule has 0 aromatic rings. The van der Waals surface area contributed by atoms with Gasteiger partial charge in [-0.1, -0.05) is 0 Å². The molecule has 0 radical (unpaired) electrons. The van der Waals surface area contributed by atoms with E-state index in [1.807, 2.05) is 4.90 Å². The summed E-state index contributed by atoms with van der Waals surface area (Å²) in [5, 5.41) is 9.04. The highest BCUT2D eigenvalue weighted by Gasteiger charge is 2.40. The first kappa shape index (κ1) is 9.38. The van der Waals surface area contributed by atoms with Crippen molar-refractivity contribution in [3.63, 3.8) is 0 Å². The van der Waals surface area contributed by atoms with Crippen LogP contribution >= 0.6 is 0 Å². The van der Waals surface area contributed by atoms with E-state index in [0.717, 1.165) is 12.8 Å². The van der Waals surface area contributed by atoms with Crippen molar-refractivity contribution in [2.45, 2.75) is 58.0 Å². The van der Waals surface area contributed by atoms with Gasteiger partial charge in [0.25, 0.3) is 0 Å². The maximum absolute atomic E-state index is 9.04. The van der Waals surface area contributed by atoms with Crippen molar-refractivity contribution in [1.29, 1.82) is 5.26 Å². The normalized spacial score (nSPS) is 26.4. The molecule has 0 unspecified atom stereocenters. The Balaban J connectivity index is 2.91. The van der Waals surface area contributed by atoms with E-state index in [1.54, 1.807) is 0 Å². The lowest BCUT2D eigenvalue weighted by atomic mass is 9.80. The SMILES string of the molecule is CC1(C)CCCC(C)(C)N1C#N. The van der Waals surface area contributed by atoms with Gasteiger partial charge in [0.2, 0.25) is 0 Å². The molecule has 2 heteroatoms. The van der Waals surface area contributed by atoms with Crippen LogP contribution in [0, 0.1) is 11.5 Å². The van der Waals surface area contributed by atoms with Crippen LogP contribution in [0.25, 0.3) is 0 Å². The molecule has 12 heavy (non-hydrogen) atoms. The molecule has 1 fully saturated rings. The van der Waals surface area contributed by atoms with E-state index in [0.29, 0.717) is 0 Å². The van der Waals surface area contributed by atoms with Crippen LogP contribution < -0.4 is 0 Å². The van der Waals surface area contributed by atoms with Gasteiger partial charge in [-0.25, -0.2) is 0 Å². The molecule has 0 bridgehead atoms. The zero-order chi connectivity index (χ0) is 9.41. The molecule has 0 aromatic heterocycles. The number of nitrogens with zero attached hydrogens (tertiary/aromatic N) is 2. The number of rotatable bonds is 0. The fourth-order valence-electron chi connectivity index (χ4n) is 2.27. The molecule has 1 rings (SSSR count). The van der Waals surface area contributed by atoms with Gasteiger partial charge in [-0.3, -0.25) is 4.90 Å². The lowest BCUT2D eigenvalue weighted by molar-refractivity contribution is 0.0278. The van der Waals surface area contributed by atoms with Crippen LogP contribution in [0.2, 0.25) is 0 Å². The van der Waals surface area contributed by atoms with E-state index in [9.17, 15) is 0 Å². The summed E-state index contributed by atoms with van der Waals surface area (Å²) in [6.45, 7) is 8.60. The first-order chi connectivity index (χ1) is 5.40. The number of hydrogen-bond donors (Lipinski definition) is 0. The predicted octanol–water partition coefficient (Wildman–Crippen LogP) is 2.51. The maximum Gasteiger partial charge on any atom is 0.180 e. The molecule has 0 atom stereocenters. The molecule has 68 valence electrons. The quantitative estimate of drug-likeness (QED) is 0.517. The van der Waals surface area contributed by atoms with Crippen LogP contribution in [0.4, 0.5) is 0 Å². The summed E-state index contributed by atoms with van der Waals surface area (Å²) in [6, 6.07) is 0. The van der Waals surface area contributed by atoms with Crippen molar-refractivity contribution in [3.8, 4) is 6.19 Å². The first-order valence-corrected chi connectivity index (χ1v) is 4.60. The maximum atomic E-state index is 9.04. The number of hydrogen-bond acceptors (Lipinski definition) is 2. The molecule has 2 nitrogen and oxygen atoms in total. The zero-order valence-electron chi connectivity index (χ0n) is 8.52. The topological polar surface area (TPSA) is 27.0 Å². The van der Waals surface area contributed by atoms with Gasteiger partial charge in [-0.15, -0.1) is 0 Å². The first-order valence-electron chi connectivity index (χ1n) is 4.60. The smallest absolute Gasteiger partial charge is 0.180 e. The third-order valence-electron chi connectivity index (χ3n) is 2.89. The Morgan fingerprint density at radius 1 is 1.08 bits per heavy atom. The Morgan fingerprint density at radius 2 is 1.50 bits per heavy atom. The summed E-state index contributed by atoms with van der Waals surface area (Å²) in [5.74, 6) is 0. The molecular formula is C10H18N2. The molecule has 0 aliphatic carbocycles. The average molecular weight is 166 g/mol. The van der Waals surface area contributed by atoms with Crippen molar-refractivity contribution in [3.05, 3.63) is 0 Å². The Morgan fingerprint density at radius 3 is 1.75 bits per heavy atom. The zero-order valence-corrected chi connectivity index (χ0v) is 8.52. The van der Waals surface area contributed by atoms with Gasteiger partial charge in [0, 0.05) is 11.1 Å². The van der Waals surface area contributed by atoms with Crippen LogP contribution in [0.15, 0.2) is 0 Å². The lowest BCUT2D eigenvalue weighted by Gasteiger charge is -2.49. The largest absolute Gasteiger partial charge is 0.300 e. The highest BCUT2D eigenvalue weighted by molar-refractivity contribution is 5.02. The molecule has 1 heterocycles. The molecule has 0 N–H and O–H groups in total. The van der Waals surface area contributed by atoms with Crippen molar-refractivity contribution in [1.82, 2.24) is 4.90 Å². The van der Waals surface area contributed by atoms with E-state index < -0.39 is 0 Å². The van der Waals surface area contributed by atoms with E-state index in [-0.39, 0.29) is 11.1 Å². The van der Waals surface area contributed by atoms with E-state index >= 15 is 0 Å². The fraction of sp³-hybridized carbons (Fsp3) is 0.900. The van der Waals surface area contributed by atoms with Crippen LogP contribution in [0.5, 0.6) is 0 Å². The predicted molar refractivity (Wildman–Crippen MR) is 49.5 cm³/mol. The second-order valence-electron chi connectivity index (χ2n) is 4.91. The number of likely N-dealkylation sites (tertiary alicyclic amines) is 1. The summed E-state index contributed by atoms with van der Waals surface area (Å²) in [6.07, 6.45) is 5.81. The number of piperidine rings is 1. The van der Waals surface area contributed by atoms with E-state index in [4.69, 9.17) is 5.26 Å². The van der Waals surface area contributed by atoms with Crippen molar-refractivity contribution in [2.75, 3.05) is 0 Å². The summed E-state index contributed by atoms with van der Waals surface area (Å²) in [7, 11) is 0. The third kappa shape index (κ3) is 1.41. The Hall–Kier alpha value is -0.710. The molecule has 1 aliphatic rings. The minimum Gasteiger partial charge on any atom is -0.300 e. The van der Waals surface area contributed by atoms with Crippen molar-refractivity contribution in [2.24, 2.45) is 0 Å². The Bertz CT molecular complexity index is 194. The fourth-order valence-corrected chi connectivity index (χ4v) is 2.27. The molecule has 0 saturated carbocycles. The van der Waals surface area contributed by atoms with Gasteiger partial charge in [0.1, 0.15) is 0 Å². The summed E-state index contributed by atoms with van der Waals surface area (Å²) >= 11 is 0. The summed E-state index contributed by atoms with van der Waals surface area (Å²) < 4.78 is 0. The van der Waals surface area contributed by atoms with Gasteiger partial charge >= 0.3 is 0 Å². The Kier molecular flexibility index (Phi) is 2.07. The van der Waals surface area contributed by atoms with E-state index in [1.165, 1.54) is 6.42 Å². The van der Waals surface area contributed by atoms with Crippen LogP contribution in [0.1, 0.15) is 47.0 Å². The second-order valence-corrected chi connectivity index (χ2v) is 4.91. The lowest BCUT2D eigenvalue weighted by Crippen LogP contribution is -2.55. The van der Waals surface area contributed by atoms with Gasteiger partial charge < -0.3 is 0 Å². The highest BCUT2D eigenvalue weighted by Crippen LogP contribution is 2.37. The van der Waals surface area contributed by atoms with Gasteiger partial charge in [0.15, 0.2) is 6.19 Å². The van der Waals surface area contributed by atoms with Crippen LogP contribution in [-0.4, -0.2) is 16.0 Å². The summed E-state index contributed by atoms with van der Waals surface area (Å²) in [5.41, 5.74) is 0.104. The number of nitriles is 1. The monoisotopic (exact) mass is 166 g/mol. The molecular weight excluding hydrogens is 148 g/mol. The average Bonchev–Trinajstić information content (AvgIpc) is 1.83. The third-order valence-corrected chi connectivity index (χ3v) is 2.89. The second kappa shape index (κ2) is 2.65. The highest BCUT2D eigenvalue weighted by atomic mass is 15.2. The molecule has 0 aromatic carbocycles. The minimum absolute atomic E-state index is 0.0521. The summed E-state index contributed by atoms with van der Waals surface area (Å²) in [4.78, 5) is 1.95. The van der Waals surface area contributed by atoms with Crippen molar-refractivity contribution >= 4 is 0 Å². The molecule has 0 amide bonds. The Labute approximate surface area is 75.2 Å².